The van der Waals surface area contributed by atoms with Gasteiger partial charge in [-0.15, -0.1) is 0 Å². The second-order valence-electron chi connectivity index (χ2n) is 5.96. The van der Waals surface area contributed by atoms with Gasteiger partial charge in [0.15, 0.2) is 5.79 Å². The van der Waals surface area contributed by atoms with Gasteiger partial charge in [0.05, 0.1) is 19.8 Å². The zero-order valence-corrected chi connectivity index (χ0v) is 11.8. The van der Waals surface area contributed by atoms with Crippen LogP contribution < -0.4 is 4.90 Å². The van der Waals surface area contributed by atoms with Crippen molar-refractivity contribution < 1.29 is 9.47 Å². The van der Waals surface area contributed by atoms with E-state index in [-0.39, 0.29) is 5.79 Å². The van der Waals surface area contributed by atoms with Crippen LogP contribution in [0.4, 0.5) is 5.82 Å². The summed E-state index contributed by atoms with van der Waals surface area (Å²) in [4.78, 5) is 11.4. The third kappa shape index (κ3) is 2.09. The van der Waals surface area contributed by atoms with E-state index < -0.39 is 0 Å². The Morgan fingerprint density at radius 1 is 1.05 bits per heavy atom. The van der Waals surface area contributed by atoms with E-state index >= 15 is 0 Å². The molecule has 0 unspecified atom stereocenters. The van der Waals surface area contributed by atoms with Crippen LogP contribution in [0.3, 0.4) is 0 Å². The van der Waals surface area contributed by atoms with Crippen molar-refractivity contribution in [1.29, 1.82) is 0 Å². The lowest BCUT2D eigenvalue weighted by atomic mass is 9.95. The molecule has 1 aromatic rings. The molecule has 2 fully saturated rings. The maximum atomic E-state index is 5.87. The summed E-state index contributed by atoms with van der Waals surface area (Å²) in [6.45, 7) is 3.28. The van der Waals surface area contributed by atoms with E-state index in [2.05, 4.69) is 14.9 Å². The Bertz CT molecular complexity index is 500. The molecular formula is C15H21N3O2. The number of nitrogens with zero attached hydrogens (tertiary/aromatic N) is 3. The molecule has 0 saturated carbocycles. The van der Waals surface area contributed by atoms with Gasteiger partial charge in [0.25, 0.3) is 0 Å². The maximum absolute atomic E-state index is 5.87. The van der Waals surface area contributed by atoms with Crippen LogP contribution in [-0.2, 0) is 22.3 Å². The number of piperidine rings is 1. The summed E-state index contributed by atoms with van der Waals surface area (Å²) in [5.41, 5.74) is 2.60. The third-order valence-electron chi connectivity index (χ3n) is 4.63. The summed E-state index contributed by atoms with van der Waals surface area (Å²) in [6.07, 6.45) is 8.51. The summed E-state index contributed by atoms with van der Waals surface area (Å²) in [5, 5.41) is 0. The highest BCUT2D eigenvalue weighted by Crippen LogP contribution is 2.34. The highest BCUT2D eigenvalue weighted by atomic mass is 16.7. The Kier molecular flexibility index (Phi) is 3.11. The summed E-state index contributed by atoms with van der Waals surface area (Å²) in [6, 6.07) is 0. The first-order chi connectivity index (χ1) is 9.86. The van der Waals surface area contributed by atoms with Gasteiger partial charge >= 0.3 is 0 Å². The number of fused-ring (bicyclic) bond motifs is 1. The fourth-order valence-corrected chi connectivity index (χ4v) is 3.68. The molecule has 2 aliphatic heterocycles. The molecule has 108 valence electrons. The molecular weight excluding hydrogens is 254 g/mol. The molecule has 5 heteroatoms. The van der Waals surface area contributed by atoms with Crippen LogP contribution >= 0.6 is 0 Å². The third-order valence-corrected chi connectivity index (χ3v) is 4.63. The number of hydrogen-bond acceptors (Lipinski definition) is 5. The van der Waals surface area contributed by atoms with Gasteiger partial charge in [-0.25, -0.2) is 9.97 Å². The van der Waals surface area contributed by atoms with Crippen LogP contribution in [0.2, 0.25) is 0 Å². The Labute approximate surface area is 119 Å². The van der Waals surface area contributed by atoms with Gasteiger partial charge in [0.2, 0.25) is 0 Å². The molecule has 0 radical (unpaired) electrons. The monoisotopic (exact) mass is 275 g/mol. The zero-order valence-electron chi connectivity index (χ0n) is 11.8. The molecule has 3 heterocycles. The minimum absolute atomic E-state index is 0.384. The van der Waals surface area contributed by atoms with Crippen molar-refractivity contribution in [3.63, 3.8) is 0 Å². The average molecular weight is 275 g/mol. The van der Waals surface area contributed by atoms with Gasteiger partial charge in [0.1, 0.15) is 12.1 Å². The molecule has 0 N–H and O–H groups in total. The lowest BCUT2D eigenvalue weighted by Crippen LogP contribution is -2.49. The second kappa shape index (κ2) is 4.97. The number of anilines is 1. The number of hydrogen-bond donors (Lipinski definition) is 0. The number of aryl methyl sites for hydroxylation is 1. The van der Waals surface area contributed by atoms with Crippen molar-refractivity contribution in [2.75, 3.05) is 31.2 Å². The van der Waals surface area contributed by atoms with E-state index in [1.54, 1.807) is 6.33 Å². The zero-order chi connectivity index (χ0) is 13.4. The molecule has 1 aromatic heterocycles. The summed E-state index contributed by atoms with van der Waals surface area (Å²) >= 11 is 0. The van der Waals surface area contributed by atoms with E-state index in [4.69, 9.17) is 9.47 Å². The molecule has 1 spiro atoms. The van der Waals surface area contributed by atoms with Crippen molar-refractivity contribution in [3.8, 4) is 0 Å². The highest BCUT2D eigenvalue weighted by Gasteiger charge is 2.41. The van der Waals surface area contributed by atoms with E-state index in [9.17, 15) is 0 Å². The SMILES string of the molecule is c1nc2c(c(N3CCCC4(C3)OCCO4)n1)CCCC2. The van der Waals surface area contributed by atoms with Crippen LogP contribution in [0.25, 0.3) is 0 Å². The molecule has 0 amide bonds. The van der Waals surface area contributed by atoms with Gasteiger partial charge < -0.3 is 14.4 Å². The first-order valence-corrected chi connectivity index (χ1v) is 7.72. The fourth-order valence-electron chi connectivity index (χ4n) is 3.68. The van der Waals surface area contributed by atoms with Crippen molar-refractivity contribution >= 4 is 5.82 Å². The minimum atomic E-state index is -0.384. The van der Waals surface area contributed by atoms with Crippen molar-refractivity contribution in [1.82, 2.24) is 9.97 Å². The van der Waals surface area contributed by atoms with Gasteiger partial charge in [0, 0.05) is 24.2 Å². The topological polar surface area (TPSA) is 47.5 Å². The fraction of sp³-hybridized carbons (Fsp3) is 0.733. The molecule has 3 aliphatic rings. The first kappa shape index (κ1) is 12.5. The smallest absolute Gasteiger partial charge is 0.186 e. The lowest BCUT2D eigenvalue weighted by Gasteiger charge is -2.40. The Hall–Kier alpha value is -1.20. The largest absolute Gasteiger partial charge is 0.351 e. The lowest BCUT2D eigenvalue weighted by molar-refractivity contribution is -0.161. The Balaban J connectivity index is 1.64. The Morgan fingerprint density at radius 3 is 2.80 bits per heavy atom. The number of rotatable bonds is 1. The molecule has 20 heavy (non-hydrogen) atoms. The van der Waals surface area contributed by atoms with Gasteiger partial charge in [-0.05, 0) is 32.1 Å². The minimum Gasteiger partial charge on any atom is -0.351 e. The van der Waals surface area contributed by atoms with Crippen molar-refractivity contribution in [2.45, 2.75) is 44.3 Å². The van der Waals surface area contributed by atoms with Gasteiger partial charge in [-0.3, -0.25) is 0 Å². The predicted octanol–water partition coefficient (Wildman–Crippen LogP) is 1.70. The van der Waals surface area contributed by atoms with Crippen molar-refractivity contribution in [2.24, 2.45) is 0 Å². The molecule has 1 aliphatic carbocycles. The molecule has 4 rings (SSSR count). The van der Waals surface area contributed by atoms with E-state index in [0.29, 0.717) is 0 Å². The molecule has 0 atom stereocenters. The van der Waals surface area contributed by atoms with Crippen LogP contribution in [0, 0.1) is 0 Å². The second-order valence-corrected chi connectivity index (χ2v) is 5.96. The molecule has 0 bridgehead atoms. The van der Waals surface area contributed by atoms with Gasteiger partial charge in [-0.2, -0.15) is 0 Å². The highest BCUT2D eigenvalue weighted by molar-refractivity contribution is 5.50. The molecule has 2 saturated heterocycles. The number of ether oxygens (including phenoxy) is 2. The predicted molar refractivity (Wildman–Crippen MR) is 74.8 cm³/mol. The van der Waals surface area contributed by atoms with E-state index in [0.717, 1.165) is 57.8 Å². The van der Waals surface area contributed by atoms with Crippen LogP contribution in [0.1, 0.15) is 36.9 Å². The molecule has 5 nitrogen and oxygen atoms in total. The van der Waals surface area contributed by atoms with Gasteiger partial charge in [-0.1, -0.05) is 0 Å². The van der Waals surface area contributed by atoms with Crippen LogP contribution in [0.15, 0.2) is 6.33 Å². The first-order valence-electron chi connectivity index (χ1n) is 7.72. The van der Waals surface area contributed by atoms with Crippen molar-refractivity contribution in [3.05, 3.63) is 17.6 Å². The summed E-state index contributed by atoms with van der Waals surface area (Å²) < 4.78 is 11.7. The standard InChI is InChI=1S/C15H21N3O2/c1-2-5-13-12(4-1)14(17-11-16-13)18-7-3-6-15(10-18)19-8-9-20-15/h11H,1-10H2. The van der Waals surface area contributed by atoms with Crippen LogP contribution in [-0.4, -0.2) is 42.1 Å². The summed E-state index contributed by atoms with van der Waals surface area (Å²) in [5.74, 6) is 0.734. The quantitative estimate of drug-likeness (QED) is 0.780. The average Bonchev–Trinajstić information content (AvgIpc) is 2.94. The Morgan fingerprint density at radius 2 is 1.90 bits per heavy atom. The normalized spacial score (nSPS) is 24.9. The summed E-state index contributed by atoms with van der Waals surface area (Å²) in [7, 11) is 0. The van der Waals surface area contributed by atoms with E-state index in [1.165, 1.54) is 24.1 Å². The van der Waals surface area contributed by atoms with Crippen LogP contribution in [0.5, 0.6) is 0 Å². The maximum Gasteiger partial charge on any atom is 0.186 e. The molecule has 0 aromatic carbocycles. The number of aromatic nitrogens is 2. The van der Waals surface area contributed by atoms with E-state index in [1.807, 2.05) is 0 Å².